The molecule has 0 radical (unpaired) electrons. The van der Waals surface area contributed by atoms with Crippen LogP contribution in [0.5, 0.6) is 0 Å². The zero-order valence-corrected chi connectivity index (χ0v) is 7.13. The van der Waals surface area contributed by atoms with Crippen molar-refractivity contribution in [2.45, 2.75) is 26.7 Å². The van der Waals surface area contributed by atoms with Gasteiger partial charge in [0.2, 0.25) is 0 Å². The molecule has 0 bridgehead atoms. The van der Waals surface area contributed by atoms with Crippen LogP contribution < -0.4 is 0 Å². The van der Waals surface area contributed by atoms with Gasteiger partial charge in [-0.3, -0.25) is 4.79 Å². The topological polar surface area (TPSA) is 17.1 Å². The molecule has 0 atom stereocenters. The van der Waals surface area contributed by atoms with Gasteiger partial charge in [0.25, 0.3) is 0 Å². The van der Waals surface area contributed by atoms with Crippen molar-refractivity contribution in [2.24, 2.45) is 5.92 Å². The lowest BCUT2D eigenvalue weighted by molar-refractivity contribution is -0.111. The van der Waals surface area contributed by atoms with Crippen molar-refractivity contribution in [3.05, 3.63) is 23.8 Å². The molecular formula is C10H14O. The van der Waals surface area contributed by atoms with Gasteiger partial charge in [-0.2, -0.15) is 0 Å². The maximum atomic E-state index is 11.2. The third-order valence-electron chi connectivity index (χ3n) is 1.70. The highest BCUT2D eigenvalue weighted by Gasteiger charge is 2.09. The summed E-state index contributed by atoms with van der Waals surface area (Å²) in [6, 6.07) is 0. The molecular weight excluding hydrogens is 136 g/mol. The van der Waals surface area contributed by atoms with Crippen LogP contribution in [-0.2, 0) is 4.79 Å². The summed E-state index contributed by atoms with van der Waals surface area (Å²) in [6.07, 6.45) is 7.63. The van der Waals surface area contributed by atoms with E-state index in [-0.39, 0.29) is 5.78 Å². The Bertz CT molecular complexity index is 209. The SMILES string of the molecule is CC(C)/C=C1/CCC=CC1=O. The fourth-order valence-corrected chi connectivity index (χ4v) is 1.23. The minimum Gasteiger partial charge on any atom is -0.290 e. The molecule has 1 heteroatoms. The molecule has 0 aromatic heterocycles. The van der Waals surface area contributed by atoms with E-state index in [1.807, 2.05) is 6.08 Å². The summed E-state index contributed by atoms with van der Waals surface area (Å²) in [5, 5.41) is 0. The van der Waals surface area contributed by atoms with Crippen molar-refractivity contribution in [3.8, 4) is 0 Å². The number of rotatable bonds is 1. The summed E-state index contributed by atoms with van der Waals surface area (Å²) < 4.78 is 0. The Morgan fingerprint density at radius 3 is 2.82 bits per heavy atom. The fraction of sp³-hybridized carbons (Fsp3) is 0.500. The molecule has 1 aliphatic carbocycles. The van der Waals surface area contributed by atoms with E-state index in [1.165, 1.54) is 0 Å². The Labute approximate surface area is 67.8 Å². The van der Waals surface area contributed by atoms with Gasteiger partial charge < -0.3 is 0 Å². The third-order valence-corrected chi connectivity index (χ3v) is 1.70. The first-order chi connectivity index (χ1) is 5.20. The first kappa shape index (κ1) is 8.25. The molecule has 0 heterocycles. The molecule has 0 amide bonds. The summed E-state index contributed by atoms with van der Waals surface area (Å²) >= 11 is 0. The highest BCUT2D eigenvalue weighted by atomic mass is 16.1. The highest BCUT2D eigenvalue weighted by molar-refractivity contribution is 6.04. The zero-order valence-electron chi connectivity index (χ0n) is 7.13. The standard InChI is InChI=1S/C10H14O/c1-8(2)7-9-5-3-4-6-10(9)11/h4,6-8H,3,5H2,1-2H3/b9-7-. The normalized spacial score (nSPS) is 21.7. The molecule has 0 saturated heterocycles. The molecule has 0 aromatic rings. The summed E-state index contributed by atoms with van der Waals surface area (Å²) in [5.41, 5.74) is 0.988. The molecule has 11 heavy (non-hydrogen) atoms. The van der Waals surface area contributed by atoms with Gasteiger partial charge in [0, 0.05) is 0 Å². The number of hydrogen-bond acceptors (Lipinski definition) is 1. The monoisotopic (exact) mass is 150 g/mol. The Morgan fingerprint density at radius 1 is 1.55 bits per heavy atom. The van der Waals surface area contributed by atoms with Gasteiger partial charge in [-0.15, -0.1) is 0 Å². The van der Waals surface area contributed by atoms with Gasteiger partial charge in [0.05, 0.1) is 0 Å². The van der Waals surface area contributed by atoms with Crippen molar-refractivity contribution in [1.29, 1.82) is 0 Å². The minimum absolute atomic E-state index is 0.199. The van der Waals surface area contributed by atoms with E-state index in [0.717, 1.165) is 18.4 Å². The lowest BCUT2D eigenvalue weighted by atomic mass is 9.97. The van der Waals surface area contributed by atoms with Crippen LogP contribution in [0.4, 0.5) is 0 Å². The van der Waals surface area contributed by atoms with Crippen molar-refractivity contribution < 1.29 is 4.79 Å². The van der Waals surface area contributed by atoms with E-state index in [0.29, 0.717) is 5.92 Å². The second-order valence-electron chi connectivity index (χ2n) is 3.24. The molecule has 0 aliphatic heterocycles. The van der Waals surface area contributed by atoms with E-state index in [2.05, 4.69) is 19.9 Å². The number of allylic oxidation sites excluding steroid dienone is 4. The average molecular weight is 150 g/mol. The van der Waals surface area contributed by atoms with E-state index in [9.17, 15) is 4.79 Å². The van der Waals surface area contributed by atoms with Crippen LogP contribution in [-0.4, -0.2) is 5.78 Å². The van der Waals surface area contributed by atoms with Crippen molar-refractivity contribution in [2.75, 3.05) is 0 Å². The van der Waals surface area contributed by atoms with Crippen LogP contribution in [0.3, 0.4) is 0 Å². The molecule has 0 saturated carbocycles. The highest BCUT2D eigenvalue weighted by Crippen LogP contribution is 2.15. The Hall–Kier alpha value is -0.850. The summed E-state index contributed by atoms with van der Waals surface area (Å²) in [7, 11) is 0. The van der Waals surface area contributed by atoms with E-state index >= 15 is 0 Å². The predicted octanol–water partition coefficient (Wildman–Crippen LogP) is 2.49. The Kier molecular flexibility index (Phi) is 2.64. The Balaban J connectivity index is 2.72. The van der Waals surface area contributed by atoms with Gasteiger partial charge in [-0.25, -0.2) is 0 Å². The summed E-state index contributed by atoms with van der Waals surface area (Å²) in [6.45, 7) is 4.19. The van der Waals surface area contributed by atoms with Gasteiger partial charge in [-0.05, 0) is 30.4 Å². The first-order valence-electron chi connectivity index (χ1n) is 4.11. The molecule has 0 N–H and O–H groups in total. The van der Waals surface area contributed by atoms with Crippen LogP contribution in [0, 0.1) is 5.92 Å². The van der Waals surface area contributed by atoms with Crippen molar-refractivity contribution in [3.63, 3.8) is 0 Å². The quantitative estimate of drug-likeness (QED) is 0.525. The lowest BCUT2D eigenvalue weighted by Crippen LogP contribution is -2.04. The second kappa shape index (κ2) is 3.51. The second-order valence-corrected chi connectivity index (χ2v) is 3.24. The average Bonchev–Trinajstić information content (AvgIpc) is 1.93. The molecule has 0 unspecified atom stereocenters. The molecule has 0 fully saturated rings. The maximum absolute atomic E-state index is 11.2. The maximum Gasteiger partial charge on any atom is 0.181 e. The number of carbonyl (C=O) groups is 1. The molecule has 0 aromatic carbocycles. The van der Waals surface area contributed by atoms with Crippen molar-refractivity contribution >= 4 is 5.78 Å². The van der Waals surface area contributed by atoms with Crippen LogP contribution in [0.1, 0.15) is 26.7 Å². The van der Waals surface area contributed by atoms with Gasteiger partial charge in [0.15, 0.2) is 5.78 Å². The van der Waals surface area contributed by atoms with Crippen LogP contribution in [0.15, 0.2) is 23.8 Å². The van der Waals surface area contributed by atoms with Crippen LogP contribution in [0.25, 0.3) is 0 Å². The van der Waals surface area contributed by atoms with Crippen LogP contribution in [0.2, 0.25) is 0 Å². The van der Waals surface area contributed by atoms with Gasteiger partial charge in [0.1, 0.15) is 0 Å². The van der Waals surface area contributed by atoms with E-state index in [4.69, 9.17) is 0 Å². The smallest absolute Gasteiger partial charge is 0.181 e. The molecule has 60 valence electrons. The largest absolute Gasteiger partial charge is 0.290 e. The number of hydrogen-bond donors (Lipinski definition) is 0. The predicted molar refractivity (Wildman–Crippen MR) is 46.3 cm³/mol. The van der Waals surface area contributed by atoms with E-state index < -0.39 is 0 Å². The molecule has 1 rings (SSSR count). The zero-order chi connectivity index (χ0) is 8.27. The van der Waals surface area contributed by atoms with E-state index in [1.54, 1.807) is 6.08 Å². The molecule has 1 nitrogen and oxygen atoms in total. The number of ketones is 1. The summed E-state index contributed by atoms with van der Waals surface area (Å²) in [4.78, 5) is 11.2. The summed E-state index contributed by atoms with van der Waals surface area (Å²) in [5.74, 6) is 0.686. The molecule has 1 aliphatic rings. The van der Waals surface area contributed by atoms with Crippen molar-refractivity contribution in [1.82, 2.24) is 0 Å². The van der Waals surface area contributed by atoms with Crippen LogP contribution >= 0.6 is 0 Å². The van der Waals surface area contributed by atoms with Gasteiger partial charge >= 0.3 is 0 Å². The number of carbonyl (C=O) groups excluding carboxylic acids is 1. The lowest BCUT2D eigenvalue weighted by Gasteiger charge is -2.07. The third kappa shape index (κ3) is 2.34. The molecule has 0 spiro atoms. The van der Waals surface area contributed by atoms with Gasteiger partial charge in [-0.1, -0.05) is 26.0 Å². The first-order valence-corrected chi connectivity index (χ1v) is 4.11. The minimum atomic E-state index is 0.199. The Morgan fingerprint density at radius 2 is 2.27 bits per heavy atom. The fourth-order valence-electron chi connectivity index (χ4n) is 1.23.